The van der Waals surface area contributed by atoms with Crippen molar-refractivity contribution in [2.75, 3.05) is 18.5 Å². The van der Waals surface area contributed by atoms with E-state index in [0.29, 0.717) is 6.54 Å². The Kier molecular flexibility index (Phi) is 4.98. The smallest absolute Gasteiger partial charge is 0.302 e. The van der Waals surface area contributed by atoms with Crippen molar-refractivity contribution in [3.8, 4) is 0 Å². The Hall–Kier alpha value is -2.03. The van der Waals surface area contributed by atoms with Crippen LogP contribution in [-0.4, -0.2) is 19.1 Å². The highest BCUT2D eigenvalue weighted by Crippen LogP contribution is 2.09. The summed E-state index contributed by atoms with van der Waals surface area (Å²) >= 11 is 0. The topological polar surface area (TPSA) is 38.3 Å². The van der Waals surface area contributed by atoms with Gasteiger partial charge >= 0.3 is 5.97 Å². The number of rotatable bonds is 8. The van der Waals surface area contributed by atoms with Gasteiger partial charge in [-0.25, -0.2) is 0 Å². The highest BCUT2D eigenvalue weighted by atomic mass is 16.5. The summed E-state index contributed by atoms with van der Waals surface area (Å²) in [4.78, 5) is 10.7. The molecule has 0 saturated carbocycles. The number of para-hydroxylation sites is 1. The van der Waals surface area contributed by atoms with E-state index in [2.05, 4.69) is 5.32 Å². The maximum atomic E-state index is 10.7. The number of hydrogen-bond donors (Lipinski definition) is 1. The highest BCUT2D eigenvalue weighted by molar-refractivity contribution is 5.66. The van der Waals surface area contributed by atoms with E-state index in [9.17, 15) is 4.79 Å². The monoisotopic (exact) mass is 292 g/mol. The predicted octanol–water partition coefficient (Wildman–Crippen LogP) is 4.33. The Bertz CT molecular complexity index is 700. The van der Waals surface area contributed by atoms with Gasteiger partial charge in [-0.3, -0.25) is 4.79 Å². The van der Waals surface area contributed by atoms with Crippen LogP contribution in [0.5, 0.6) is 0 Å². The number of carbonyl (C=O) groups excluding carboxylic acids is 1. The molecule has 0 fully saturated rings. The molecule has 0 heterocycles. The molecule has 0 saturated heterocycles. The lowest BCUT2D eigenvalue weighted by molar-refractivity contribution is -0.139. The van der Waals surface area contributed by atoms with Crippen molar-refractivity contribution >= 4 is 11.7 Å². The van der Waals surface area contributed by atoms with Gasteiger partial charge in [-0.2, -0.15) is 0 Å². The summed E-state index contributed by atoms with van der Waals surface area (Å²) in [5.74, 6) is -0.302. The first-order valence-corrected chi connectivity index (χ1v) is 6.90. The molecule has 0 aliphatic heterocycles. The molecule has 0 amide bonds. The van der Waals surface area contributed by atoms with Crippen molar-refractivity contribution in [1.82, 2.24) is 0 Å². The van der Waals surface area contributed by atoms with Crippen molar-refractivity contribution in [1.29, 1.82) is 0 Å². The zero-order chi connectivity index (χ0) is 19.9. The lowest BCUT2D eigenvalue weighted by Gasteiger charge is -2.06. The molecule has 0 spiro atoms. The maximum absolute atomic E-state index is 10.7. The fourth-order valence-corrected chi connectivity index (χ4v) is 1.59. The number of anilines is 1. The standard InChI is InChI=1S/C18H25NO2/c1-15(12-13-21-17(3)20)8-7-9-16(2)14-19-18-10-5-4-6-11-18/h4-6,9-12,19H,7-8,13-14H2,1-3H3/b15-12+,16-9+/i4D,5D,6D,10D,11D. The third kappa shape index (κ3) is 8.69. The van der Waals surface area contributed by atoms with Gasteiger partial charge in [0.25, 0.3) is 0 Å². The van der Waals surface area contributed by atoms with Gasteiger partial charge in [0.05, 0.1) is 6.85 Å². The first kappa shape index (κ1) is 10.7. The van der Waals surface area contributed by atoms with Crippen LogP contribution in [0.4, 0.5) is 5.69 Å². The molecule has 0 unspecified atom stereocenters. The average molecular weight is 292 g/mol. The number of esters is 1. The molecule has 0 aliphatic carbocycles. The first-order valence-electron chi connectivity index (χ1n) is 9.40. The molecule has 0 radical (unpaired) electrons. The molecular formula is C18H25NO2. The van der Waals surface area contributed by atoms with E-state index in [0.717, 1.165) is 24.0 Å². The summed E-state index contributed by atoms with van der Waals surface area (Å²) < 4.78 is 43.5. The van der Waals surface area contributed by atoms with Crippen molar-refractivity contribution < 1.29 is 16.4 Å². The fourth-order valence-electron chi connectivity index (χ4n) is 1.59. The van der Waals surface area contributed by atoms with E-state index >= 15 is 0 Å². The van der Waals surface area contributed by atoms with Gasteiger partial charge in [-0.1, -0.05) is 35.3 Å². The summed E-state index contributed by atoms with van der Waals surface area (Å²) in [7, 11) is 0. The van der Waals surface area contributed by atoms with E-state index < -0.39 is 6.04 Å². The summed E-state index contributed by atoms with van der Waals surface area (Å²) in [5, 5.41) is 2.94. The van der Waals surface area contributed by atoms with Gasteiger partial charge in [-0.05, 0) is 44.8 Å². The third-order valence-corrected chi connectivity index (χ3v) is 2.79. The second kappa shape index (κ2) is 9.81. The number of carbonyl (C=O) groups is 1. The largest absolute Gasteiger partial charge is 0.462 e. The van der Waals surface area contributed by atoms with Crippen LogP contribution in [0.15, 0.2) is 53.5 Å². The minimum atomic E-state index is -0.395. The van der Waals surface area contributed by atoms with Crippen molar-refractivity contribution in [2.45, 2.75) is 33.6 Å². The van der Waals surface area contributed by atoms with Gasteiger partial charge in [-0.15, -0.1) is 0 Å². The van der Waals surface area contributed by atoms with E-state index in [4.69, 9.17) is 11.6 Å². The van der Waals surface area contributed by atoms with Gasteiger partial charge in [0.2, 0.25) is 0 Å². The number of nitrogens with one attached hydrogen (secondary N) is 1. The lowest BCUT2D eigenvalue weighted by atomic mass is 10.1. The number of allylic oxidation sites excluding steroid dienone is 2. The van der Waals surface area contributed by atoms with E-state index in [-0.39, 0.29) is 42.4 Å². The van der Waals surface area contributed by atoms with Crippen LogP contribution >= 0.6 is 0 Å². The lowest BCUT2D eigenvalue weighted by Crippen LogP contribution is -2.02. The molecule has 21 heavy (non-hydrogen) atoms. The van der Waals surface area contributed by atoms with Crippen LogP contribution in [0, 0.1) is 0 Å². The van der Waals surface area contributed by atoms with E-state index in [1.807, 2.05) is 26.0 Å². The molecule has 3 heteroatoms. The molecule has 0 bridgehead atoms. The molecule has 0 aromatic heterocycles. The van der Waals surface area contributed by atoms with Crippen LogP contribution in [0.25, 0.3) is 0 Å². The van der Waals surface area contributed by atoms with Crippen LogP contribution < -0.4 is 5.32 Å². The molecule has 0 atom stereocenters. The molecule has 0 aliphatic rings. The minimum absolute atomic E-state index is 0.112. The summed E-state index contributed by atoms with van der Waals surface area (Å²) in [6, 6.07) is -1.54. The number of hydrogen-bond acceptors (Lipinski definition) is 3. The zero-order valence-electron chi connectivity index (χ0n) is 17.8. The second-order valence-corrected chi connectivity index (χ2v) is 4.80. The normalized spacial score (nSPS) is 15.5. The zero-order valence-corrected chi connectivity index (χ0v) is 12.8. The van der Waals surface area contributed by atoms with Gasteiger partial charge in [0.1, 0.15) is 6.61 Å². The minimum Gasteiger partial charge on any atom is -0.462 e. The van der Waals surface area contributed by atoms with Gasteiger partial charge < -0.3 is 10.1 Å². The van der Waals surface area contributed by atoms with Crippen molar-refractivity contribution in [3.05, 3.63) is 53.5 Å². The van der Waals surface area contributed by atoms with Crippen LogP contribution in [0.3, 0.4) is 0 Å². The van der Waals surface area contributed by atoms with E-state index in [1.54, 1.807) is 0 Å². The Morgan fingerprint density at radius 1 is 1.19 bits per heavy atom. The van der Waals surface area contributed by atoms with Crippen LogP contribution in [0.1, 0.15) is 40.5 Å². The Balaban J connectivity index is 2.61. The van der Waals surface area contributed by atoms with Crippen LogP contribution in [0.2, 0.25) is 0 Å². The molecule has 3 nitrogen and oxygen atoms in total. The van der Waals surface area contributed by atoms with Crippen molar-refractivity contribution in [2.24, 2.45) is 0 Å². The quantitative estimate of drug-likeness (QED) is 0.572. The average Bonchev–Trinajstić information content (AvgIpc) is 2.58. The Morgan fingerprint density at radius 2 is 1.90 bits per heavy atom. The molecule has 1 aromatic rings. The molecule has 1 N–H and O–H groups in total. The fraction of sp³-hybridized carbons (Fsp3) is 0.389. The Labute approximate surface area is 134 Å². The molecular weight excluding hydrogens is 262 g/mol. The van der Waals surface area contributed by atoms with Crippen LogP contribution in [-0.2, 0) is 9.53 Å². The predicted molar refractivity (Wildman–Crippen MR) is 88.3 cm³/mol. The van der Waals surface area contributed by atoms with E-state index in [1.165, 1.54) is 6.92 Å². The summed E-state index contributed by atoms with van der Waals surface area (Å²) in [6.07, 6.45) is 5.53. The molecule has 1 rings (SSSR count). The van der Waals surface area contributed by atoms with Gasteiger partial charge in [0, 0.05) is 19.2 Å². The number of ether oxygens (including phenoxy) is 1. The number of benzene rings is 1. The molecule has 1 aromatic carbocycles. The first-order chi connectivity index (χ1) is 12.1. The highest BCUT2D eigenvalue weighted by Gasteiger charge is 1.94. The summed E-state index contributed by atoms with van der Waals surface area (Å²) in [6.45, 7) is 5.93. The molecule has 114 valence electrons. The SMILES string of the molecule is [2H]c1c([2H])c([2H])c(NC/C(C)=C/CC/C(C)=C/COC(C)=O)c([2H])c1[2H]. The van der Waals surface area contributed by atoms with Crippen molar-refractivity contribution in [3.63, 3.8) is 0 Å². The Morgan fingerprint density at radius 3 is 2.57 bits per heavy atom. The second-order valence-electron chi connectivity index (χ2n) is 4.80. The third-order valence-electron chi connectivity index (χ3n) is 2.79. The van der Waals surface area contributed by atoms with Gasteiger partial charge in [0.15, 0.2) is 0 Å². The summed E-state index contributed by atoms with van der Waals surface area (Å²) in [5.41, 5.74) is 2.24. The maximum Gasteiger partial charge on any atom is 0.302 e.